The second kappa shape index (κ2) is 5.30. The quantitative estimate of drug-likeness (QED) is 0.797. The molecule has 0 spiro atoms. The van der Waals surface area contributed by atoms with E-state index in [9.17, 15) is 0 Å². The molecular weight excluding hydrogens is 202 g/mol. The molecule has 0 saturated carbocycles. The lowest BCUT2D eigenvalue weighted by molar-refractivity contribution is 0.124. The Morgan fingerprint density at radius 3 is 2.06 bits per heavy atom. The Hall–Kier alpha value is -1.84. The van der Waals surface area contributed by atoms with E-state index in [2.05, 4.69) is 4.84 Å². The van der Waals surface area contributed by atoms with Crippen LogP contribution < -0.4 is 10.6 Å². The van der Waals surface area contributed by atoms with Gasteiger partial charge in [0.15, 0.2) is 0 Å². The molecule has 0 amide bonds. The van der Waals surface area contributed by atoms with Crippen LogP contribution in [0, 0.1) is 0 Å². The van der Waals surface area contributed by atoms with Gasteiger partial charge in [0.25, 0.3) is 0 Å². The normalized spacial score (nSPS) is 10.1. The van der Waals surface area contributed by atoms with Gasteiger partial charge < -0.3 is 4.74 Å². The van der Waals surface area contributed by atoms with Crippen LogP contribution in [0.1, 0.15) is 5.56 Å². The third kappa shape index (κ3) is 2.82. The Morgan fingerprint density at radius 1 is 0.812 bits per heavy atom. The molecule has 3 nitrogen and oxygen atoms in total. The molecule has 0 bridgehead atoms. The zero-order chi connectivity index (χ0) is 11.2. The second-order valence-corrected chi connectivity index (χ2v) is 3.37. The van der Waals surface area contributed by atoms with Gasteiger partial charge in [0.1, 0.15) is 11.5 Å². The van der Waals surface area contributed by atoms with E-state index in [1.54, 1.807) is 0 Å². The molecule has 0 radical (unpaired) electrons. The van der Waals surface area contributed by atoms with Gasteiger partial charge in [-0.25, -0.2) is 5.90 Å². The largest absolute Gasteiger partial charge is 0.457 e. The van der Waals surface area contributed by atoms with Gasteiger partial charge in [0.05, 0.1) is 6.61 Å². The number of para-hydroxylation sites is 1. The Labute approximate surface area is 94.4 Å². The Morgan fingerprint density at radius 2 is 1.44 bits per heavy atom. The van der Waals surface area contributed by atoms with Crippen LogP contribution in [0.5, 0.6) is 11.5 Å². The summed E-state index contributed by atoms with van der Waals surface area (Å²) in [6, 6.07) is 17.3. The van der Waals surface area contributed by atoms with Crippen LogP contribution >= 0.6 is 0 Å². The second-order valence-electron chi connectivity index (χ2n) is 3.37. The predicted molar refractivity (Wildman–Crippen MR) is 61.9 cm³/mol. The summed E-state index contributed by atoms with van der Waals surface area (Å²) >= 11 is 0. The molecular formula is C13H13NO2. The maximum Gasteiger partial charge on any atom is 0.127 e. The molecule has 2 aromatic carbocycles. The van der Waals surface area contributed by atoms with Crippen molar-refractivity contribution < 1.29 is 9.57 Å². The molecule has 82 valence electrons. The topological polar surface area (TPSA) is 44.5 Å². The first kappa shape index (κ1) is 10.7. The maximum absolute atomic E-state index is 5.64. The van der Waals surface area contributed by atoms with Crippen molar-refractivity contribution >= 4 is 0 Å². The molecule has 0 atom stereocenters. The summed E-state index contributed by atoms with van der Waals surface area (Å²) in [6.45, 7) is 0.408. The first-order chi connectivity index (χ1) is 7.88. The van der Waals surface area contributed by atoms with Crippen molar-refractivity contribution in [2.45, 2.75) is 6.61 Å². The van der Waals surface area contributed by atoms with Crippen LogP contribution in [0.4, 0.5) is 0 Å². The minimum atomic E-state index is 0.408. The number of hydrogen-bond acceptors (Lipinski definition) is 3. The molecule has 0 aromatic heterocycles. The monoisotopic (exact) mass is 215 g/mol. The molecule has 2 rings (SSSR count). The minimum absolute atomic E-state index is 0.408. The number of nitrogens with two attached hydrogens (primary N) is 1. The molecule has 2 aromatic rings. The van der Waals surface area contributed by atoms with Gasteiger partial charge in [-0.05, 0) is 29.8 Å². The van der Waals surface area contributed by atoms with Crippen LogP contribution in [0.15, 0.2) is 54.6 Å². The summed E-state index contributed by atoms with van der Waals surface area (Å²) in [7, 11) is 0. The first-order valence-electron chi connectivity index (χ1n) is 5.02. The van der Waals surface area contributed by atoms with E-state index >= 15 is 0 Å². The highest BCUT2D eigenvalue weighted by Crippen LogP contribution is 2.21. The van der Waals surface area contributed by atoms with Crippen molar-refractivity contribution in [3.05, 3.63) is 60.2 Å². The van der Waals surface area contributed by atoms with E-state index in [0.29, 0.717) is 6.61 Å². The van der Waals surface area contributed by atoms with Crippen LogP contribution in [-0.4, -0.2) is 0 Å². The average molecular weight is 215 g/mol. The van der Waals surface area contributed by atoms with E-state index in [1.165, 1.54) is 0 Å². The summed E-state index contributed by atoms with van der Waals surface area (Å²) in [4.78, 5) is 4.55. The lowest BCUT2D eigenvalue weighted by atomic mass is 10.2. The first-order valence-corrected chi connectivity index (χ1v) is 5.02. The summed E-state index contributed by atoms with van der Waals surface area (Å²) in [5, 5.41) is 0. The summed E-state index contributed by atoms with van der Waals surface area (Å²) in [6.07, 6.45) is 0. The lowest BCUT2D eigenvalue weighted by Gasteiger charge is -2.06. The van der Waals surface area contributed by atoms with Gasteiger partial charge in [-0.15, -0.1) is 0 Å². The fourth-order valence-corrected chi connectivity index (χ4v) is 1.37. The van der Waals surface area contributed by atoms with Crippen LogP contribution in [0.25, 0.3) is 0 Å². The molecule has 0 aliphatic carbocycles. The van der Waals surface area contributed by atoms with Crippen molar-refractivity contribution in [1.29, 1.82) is 0 Å². The fraction of sp³-hybridized carbons (Fsp3) is 0.0769. The number of benzene rings is 2. The zero-order valence-electron chi connectivity index (χ0n) is 8.80. The Balaban J connectivity index is 2.05. The number of ether oxygens (including phenoxy) is 1. The van der Waals surface area contributed by atoms with Crippen molar-refractivity contribution in [2.75, 3.05) is 0 Å². The number of rotatable bonds is 4. The molecule has 0 aliphatic heterocycles. The van der Waals surface area contributed by atoms with Gasteiger partial charge >= 0.3 is 0 Å². The van der Waals surface area contributed by atoms with E-state index in [0.717, 1.165) is 17.1 Å². The molecule has 0 saturated heterocycles. The standard InChI is InChI=1S/C13H13NO2/c14-15-10-11-6-8-13(9-7-11)16-12-4-2-1-3-5-12/h1-9H,10,14H2. The Kier molecular flexibility index (Phi) is 3.53. The minimum Gasteiger partial charge on any atom is -0.457 e. The van der Waals surface area contributed by atoms with E-state index in [4.69, 9.17) is 10.6 Å². The highest BCUT2D eigenvalue weighted by Gasteiger charge is 1.97. The van der Waals surface area contributed by atoms with Crippen molar-refractivity contribution in [3.8, 4) is 11.5 Å². The van der Waals surface area contributed by atoms with Gasteiger partial charge in [0.2, 0.25) is 0 Å². The molecule has 0 aliphatic rings. The highest BCUT2D eigenvalue weighted by atomic mass is 16.6. The summed E-state index contributed by atoms with van der Waals surface area (Å²) in [5.41, 5.74) is 1.02. The van der Waals surface area contributed by atoms with E-state index in [-0.39, 0.29) is 0 Å². The van der Waals surface area contributed by atoms with Crippen LogP contribution in [0.2, 0.25) is 0 Å². The SMILES string of the molecule is NOCc1ccc(Oc2ccccc2)cc1. The Bertz CT molecular complexity index is 425. The molecule has 0 unspecified atom stereocenters. The molecule has 0 heterocycles. The van der Waals surface area contributed by atoms with Crippen molar-refractivity contribution in [1.82, 2.24) is 0 Å². The van der Waals surface area contributed by atoms with Gasteiger partial charge in [-0.3, -0.25) is 4.84 Å². The highest BCUT2D eigenvalue weighted by molar-refractivity contribution is 5.32. The van der Waals surface area contributed by atoms with Gasteiger partial charge in [-0.2, -0.15) is 0 Å². The number of hydrogen-bond donors (Lipinski definition) is 1. The van der Waals surface area contributed by atoms with E-state index < -0.39 is 0 Å². The predicted octanol–water partition coefficient (Wildman–Crippen LogP) is 2.87. The van der Waals surface area contributed by atoms with Gasteiger partial charge in [0, 0.05) is 0 Å². The smallest absolute Gasteiger partial charge is 0.127 e. The van der Waals surface area contributed by atoms with Crippen LogP contribution in [-0.2, 0) is 11.4 Å². The van der Waals surface area contributed by atoms with E-state index in [1.807, 2.05) is 54.6 Å². The lowest BCUT2D eigenvalue weighted by Crippen LogP contribution is -1.98. The fourth-order valence-electron chi connectivity index (χ4n) is 1.37. The summed E-state index contributed by atoms with van der Waals surface area (Å²) < 4.78 is 5.64. The third-order valence-corrected chi connectivity index (χ3v) is 2.15. The molecule has 2 N–H and O–H groups in total. The summed E-state index contributed by atoms with van der Waals surface area (Å²) in [5.74, 6) is 6.61. The third-order valence-electron chi connectivity index (χ3n) is 2.15. The molecule has 16 heavy (non-hydrogen) atoms. The van der Waals surface area contributed by atoms with Gasteiger partial charge in [-0.1, -0.05) is 30.3 Å². The maximum atomic E-state index is 5.64. The molecule has 0 fully saturated rings. The van der Waals surface area contributed by atoms with Crippen LogP contribution in [0.3, 0.4) is 0 Å². The average Bonchev–Trinajstić information content (AvgIpc) is 2.33. The molecule has 3 heteroatoms. The van der Waals surface area contributed by atoms with Crippen molar-refractivity contribution in [2.24, 2.45) is 5.90 Å². The van der Waals surface area contributed by atoms with Crippen molar-refractivity contribution in [3.63, 3.8) is 0 Å². The zero-order valence-corrected chi connectivity index (χ0v) is 8.80.